The van der Waals surface area contributed by atoms with Crippen LogP contribution in [0.5, 0.6) is 0 Å². The number of hydrogen-bond acceptors (Lipinski definition) is 3. The zero-order valence-electron chi connectivity index (χ0n) is 15.9. The molecule has 146 valence electrons. The van der Waals surface area contributed by atoms with Crippen molar-refractivity contribution >= 4 is 11.6 Å². The highest BCUT2D eigenvalue weighted by Crippen LogP contribution is 2.24. The molecule has 0 unspecified atom stereocenters. The molecule has 1 amide bonds. The van der Waals surface area contributed by atoms with E-state index in [4.69, 9.17) is 0 Å². The van der Waals surface area contributed by atoms with Crippen LogP contribution in [0.15, 0.2) is 54.7 Å². The van der Waals surface area contributed by atoms with Crippen molar-refractivity contribution in [1.82, 2.24) is 19.6 Å². The largest absolute Gasteiger partial charge is 0.349 e. The number of pyridine rings is 1. The molecule has 0 saturated carbocycles. The third-order valence-electron chi connectivity index (χ3n) is 5.41. The van der Waals surface area contributed by atoms with Crippen LogP contribution in [0, 0.1) is 5.95 Å². The molecule has 2 aromatic heterocycles. The molecule has 0 spiro atoms. The second-order valence-corrected chi connectivity index (χ2v) is 7.27. The number of rotatable bonds is 5. The van der Waals surface area contributed by atoms with Crippen LogP contribution in [-0.2, 0) is 0 Å². The van der Waals surface area contributed by atoms with Crippen molar-refractivity contribution in [2.75, 3.05) is 19.6 Å². The first kappa shape index (κ1) is 18.6. The lowest BCUT2D eigenvalue weighted by molar-refractivity contribution is 0.0924. The molecule has 6 heteroatoms. The van der Waals surface area contributed by atoms with Crippen LogP contribution in [0.1, 0.15) is 47.8 Å². The average molecular weight is 380 g/mol. The van der Waals surface area contributed by atoms with Crippen LogP contribution in [-0.4, -0.2) is 39.8 Å². The van der Waals surface area contributed by atoms with Crippen LogP contribution in [0.3, 0.4) is 0 Å². The summed E-state index contributed by atoms with van der Waals surface area (Å²) < 4.78 is 15.9. The molecular formula is C22H25FN4O. The number of nitrogens with zero attached hydrogens (tertiary/aromatic N) is 3. The quantitative estimate of drug-likeness (QED) is 0.732. The molecule has 1 aliphatic heterocycles. The zero-order valence-corrected chi connectivity index (χ0v) is 15.9. The monoisotopic (exact) mass is 380 g/mol. The average Bonchev–Trinajstić information content (AvgIpc) is 2.90. The Morgan fingerprint density at radius 3 is 2.46 bits per heavy atom. The number of imidazole rings is 1. The Hall–Kier alpha value is -2.73. The molecule has 0 aliphatic carbocycles. The summed E-state index contributed by atoms with van der Waals surface area (Å²) in [5, 5.41) is 2.92. The number of fused-ring (bicyclic) bond motifs is 1. The number of hydrogen-bond donors (Lipinski definition) is 1. The van der Waals surface area contributed by atoms with E-state index in [1.165, 1.54) is 35.6 Å². The Kier molecular flexibility index (Phi) is 5.67. The smallest absolute Gasteiger partial charge is 0.274 e. The molecule has 0 bridgehead atoms. The van der Waals surface area contributed by atoms with Gasteiger partial charge in [0.1, 0.15) is 5.65 Å². The number of benzene rings is 1. The second-order valence-electron chi connectivity index (χ2n) is 7.27. The first-order valence-corrected chi connectivity index (χ1v) is 9.94. The van der Waals surface area contributed by atoms with Gasteiger partial charge in [0.05, 0.1) is 6.04 Å². The maximum Gasteiger partial charge on any atom is 0.274 e. The summed E-state index contributed by atoms with van der Waals surface area (Å²) in [5.41, 5.74) is 1.44. The summed E-state index contributed by atoms with van der Waals surface area (Å²) in [6, 6.07) is 15.5. The minimum Gasteiger partial charge on any atom is -0.349 e. The molecule has 28 heavy (non-hydrogen) atoms. The summed E-state index contributed by atoms with van der Waals surface area (Å²) in [6.45, 7) is 2.45. The van der Waals surface area contributed by atoms with Gasteiger partial charge >= 0.3 is 0 Å². The van der Waals surface area contributed by atoms with Gasteiger partial charge in [-0.2, -0.15) is 4.39 Å². The fourth-order valence-corrected chi connectivity index (χ4v) is 3.92. The molecule has 5 nitrogen and oxygen atoms in total. The van der Waals surface area contributed by atoms with Crippen LogP contribution in [0.4, 0.5) is 4.39 Å². The van der Waals surface area contributed by atoms with E-state index in [0.29, 0.717) is 12.2 Å². The standard InChI is InChI=1S/C22H25FN4O/c23-21-20(25-19-12-6-9-15-27(19)21)22(28)24-16-18(17-10-4-3-5-11-17)26-13-7-1-2-8-14-26/h3-6,9-12,15,18H,1-2,7-8,13-14,16H2,(H,24,28)/t18-/m0/s1. The lowest BCUT2D eigenvalue weighted by Crippen LogP contribution is -2.39. The summed E-state index contributed by atoms with van der Waals surface area (Å²) in [7, 11) is 0. The summed E-state index contributed by atoms with van der Waals surface area (Å²) >= 11 is 0. The van der Waals surface area contributed by atoms with Crippen molar-refractivity contribution in [2.45, 2.75) is 31.7 Å². The summed E-state index contributed by atoms with van der Waals surface area (Å²) in [6.07, 6.45) is 6.39. The third kappa shape index (κ3) is 3.92. The molecular weight excluding hydrogens is 355 g/mol. The molecule has 1 saturated heterocycles. The Labute approximate surface area is 164 Å². The van der Waals surface area contributed by atoms with Crippen molar-refractivity contribution in [3.63, 3.8) is 0 Å². The predicted molar refractivity (Wildman–Crippen MR) is 107 cm³/mol. The van der Waals surface area contributed by atoms with Crippen LogP contribution in [0.2, 0.25) is 0 Å². The van der Waals surface area contributed by atoms with Gasteiger partial charge < -0.3 is 5.32 Å². The first-order valence-electron chi connectivity index (χ1n) is 9.94. The fourth-order valence-electron chi connectivity index (χ4n) is 3.92. The third-order valence-corrected chi connectivity index (χ3v) is 5.41. The molecule has 1 fully saturated rings. The van der Waals surface area contributed by atoms with Gasteiger partial charge in [0, 0.05) is 12.7 Å². The Morgan fingerprint density at radius 2 is 1.75 bits per heavy atom. The lowest BCUT2D eigenvalue weighted by atomic mass is 10.0. The van der Waals surface area contributed by atoms with Crippen molar-refractivity contribution in [1.29, 1.82) is 0 Å². The minimum atomic E-state index is -0.626. The van der Waals surface area contributed by atoms with Crippen LogP contribution < -0.4 is 5.32 Å². The van der Waals surface area contributed by atoms with Gasteiger partial charge in [-0.05, 0) is 43.6 Å². The van der Waals surface area contributed by atoms with Gasteiger partial charge in [-0.3, -0.25) is 14.1 Å². The van der Waals surface area contributed by atoms with Crippen molar-refractivity contribution in [3.05, 3.63) is 71.9 Å². The maximum atomic E-state index is 14.6. The number of carbonyl (C=O) groups is 1. The topological polar surface area (TPSA) is 49.6 Å². The van der Waals surface area contributed by atoms with Crippen LogP contribution >= 0.6 is 0 Å². The normalized spacial score (nSPS) is 16.6. The zero-order chi connectivity index (χ0) is 19.3. The van der Waals surface area contributed by atoms with Gasteiger partial charge in [-0.15, -0.1) is 0 Å². The molecule has 0 radical (unpaired) electrons. The van der Waals surface area contributed by atoms with E-state index in [2.05, 4.69) is 27.3 Å². The first-order chi connectivity index (χ1) is 13.7. The fraction of sp³-hybridized carbons (Fsp3) is 0.364. The van der Waals surface area contributed by atoms with Crippen molar-refractivity contribution < 1.29 is 9.18 Å². The highest BCUT2D eigenvalue weighted by Gasteiger charge is 2.24. The number of halogens is 1. The highest BCUT2D eigenvalue weighted by molar-refractivity contribution is 5.93. The van der Waals surface area contributed by atoms with Crippen LogP contribution in [0.25, 0.3) is 5.65 Å². The Balaban J connectivity index is 1.53. The van der Waals surface area contributed by atoms with E-state index in [1.807, 2.05) is 18.2 Å². The number of aromatic nitrogens is 2. The molecule has 1 N–H and O–H groups in total. The summed E-state index contributed by atoms with van der Waals surface area (Å²) in [4.78, 5) is 19.3. The molecule has 1 aliphatic rings. The predicted octanol–water partition coefficient (Wildman–Crippen LogP) is 3.82. The van der Waals surface area contributed by atoms with Gasteiger partial charge in [0.2, 0.25) is 5.95 Å². The van der Waals surface area contributed by atoms with Gasteiger partial charge in [0.15, 0.2) is 5.69 Å². The van der Waals surface area contributed by atoms with E-state index >= 15 is 0 Å². The highest BCUT2D eigenvalue weighted by atomic mass is 19.1. The van der Waals surface area contributed by atoms with E-state index in [0.717, 1.165) is 13.1 Å². The van der Waals surface area contributed by atoms with Gasteiger partial charge in [0.25, 0.3) is 5.91 Å². The molecule has 4 rings (SSSR count). The van der Waals surface area contributed by atoms with Crippen molar-refractivity contribution in [3.8, 4) is 0 Å². The molecule has 1 atom stereocenters. The number of likely N-dealkylation sites (tertiary alicyclic amines) is 1. The van der Waals surface area contributed by atoms with E-state index in [9.17, 15) is 9.18 Å². The Bertz CT molecular complexity index is 932. The minimum absolute atomic E-state index is 0.0725. The summed E-state index contributed by atoms with van der Waals surface area (Å²) in [5.74, 6) is -1.10. The number of carbonyl (C=O) groups excluding carboxylic acids is 1. The number of amides is 1. The molecule has 3 aromatic rings. The van der Waals surface area contributed by atoms with Gasteiger partial charge in [-0.1, -0.05) is 49.2 Å². The number of nitrogens with one attached hydrogen (secondary N) is 1. The van der Waals surface area contributed by atoms with E-state index in [1.54, 1.807) is 24.4 Å². The van der Waals surface area contributed by atoms with Crippen molar-refractivity contribution in [2.24, 2.45) is 0 Å². The SMILES string of the molecule is O=C(NC[C@@H](c1ccccc1)N1CCCCCC1)c1nc2ccccn2c1F. The molecule has 1 aromatic carbocycles. The molecule has 3 heterocycles. The Morgan fingerprint density at radius 1 is 1.04 bits per heavy atom. The maximum absolute atomic E-state index is 14.6. The van der Waals surface area contributed by atoms with E-state index < -0.39 is 11.9 Å². The van der Waals surface area contributed by atoms with E-state index in [-0.39, 0.29) is 11.7 Å². The second kappa shape index (κ2) is 8.52. The van der Waals surface area contributed by atoms with Gasteiger partial charge in [-0.25, -0.2) is 4.98 Å². The lowest BCUT2D eigenvalue weighted by Gasteiger charge is -2.31.